The SMILES string of the molecule is Cc1ccc2c(CC(=O)NCCC(C)N)coc2c1C.Cl. The summed E-state index contributed by atoms with van der Waals surface area (Å²) in [5.74, 6) is 0.00609. The topological polar surface area (TPSA) is 68.3 Å². The van der Waals surface area contributed by atoms with E-state index in [1.807, 2.05) is 19.9 Å². The van der Waals surface area contributed by atoms with Crippen LogP contribution in [0.4, 0.5) is 0 Å². The van der Waals surface area contributed by atoms with Gasteiger partial charge >= 0.3 is 0 Å². The summed E-state index contributed by atoms with van der Waals surface area (Å²) in [4.78, 5) is 11.9. The summed E-state index contributed by atoms with van der Waals surface area (Å²) in [5, 5.41) is 3.91. The lowest BCUT2D eigenvalue weighted by molar-refractivity contribution is -0.120. The number of hydrogen-bond donors (Lipinski definition) is 2. The molecule has 116 valence electrons. The minimum absolute atomic E-state index is 0. The summed E-state index contributed by atoms with van der Waals surface area (Å²) in [6.45, 7) is 6.64. The molecule has 1 heterocycles. The van der Waals surface area contributed by atoms with Crippen molar-refractivity contribution in [1.29, 1.82) is 0 Å². The van der Waals surface area contributed by atoms with E-state index in [2.05, 4.69) is 18.3 Å². The first kappa shape index (κ1) is 17.5. The summed E-state index contributed by atoms with van der Waals surface area (Å²) in [5.41, 5.74) is 9.79. The Hall–Kier alpha value is -1.52. The van der Waals surface area contributed by atoms with Gasteiger partial charge in [0, 0.05) is 23.5 Å². The average Bonchev–Trinajstić information content (AvgIpc) is 2.77. The minimum Gasteiger partial charge on any atom is -0.464 e. The zero-order valence-corrected chi connectivity index (χ0v) is 13.5. The molecule has 0 bridgehead atoms. The molecule has 0 radical (unpaired) electrons. The molecule has 0 saturated carbocycles. The summed E-state index contributed by atoms with van der Waals surface area (Å²) < 4.78 is 5.60. The van der Waals surface area contributed by atoms with Crippen molar-refractivity contribution in [2.75, 3.05) is 6.54 Å². The summed E-state index contributed by atoms with van der Waals surface area (Å²) in [6, 6.07) is 4.19. The molecule has 0 saturated heterocycles. The van der Waals surface area contributed by atoms with Crippen LogP contribution in [0.5, 0.6) is 0 Å². The van der Waals surface area contributed by atoms with Gasteiger partial charge in [0.15, 0.2) is 0 Å². The third kappa shape index (κ3) is 4.22. The van der Waals surface area contributed by atoms with Crippen LogP contribution < -0.4 is 11.1 Å². The van der Waals surface area contributed by atoms with E-state index in [1.54, 1.807) is 6.26 Å². The molecule has 0 spiro atoms. The molecule has 1 amide bonds. The fourth-order valence-corrected chi connectivity index (χ4v) is 2.20. The van der Waals surface area contributed by atoms with Crippen molar-refractivity contribution in [1.82, 2.24) is 5.32 Å². The lowest BCUT2D eigenvalue weighted by Crippen LogP contribution is -2.29. The Bertz CT molecular complexity index is 620. The molecular weight excluding hydrogens is 288 g/mol. The second-order valence-electron chi connectivity index (χ2n) is 5.44. The molecule has 1 atom stereocenters. The van der Waals surface area contributed by atoms with Gasteiger partial charge in [-0.25, -0.2) is 0 Å². The number of nitrogens with one attached hydrogen (secondary N) is 1. The number of halogens is 1. The van der Waals surface area contributed by atoms with E-state index in [0.717, 1.165) is 28.5 Å². The largest absolute Gasteiger partial charge is 0.464 e. The Labute approximate surface area is 131 Å². The number of rotatable bonds is 5. The van der Waals surface area contributed by atoms with Crippen LogP contribution in [0, 0.1) is 13.8 Å². The van der Waals surface area contributed by atoms with Crippen LogP contribution >= 0.6 is 12.4 Å². The number of amides is 1. The quantitative estimate of drug-likeness (QED) is 0.892. The highest BCUT2D eigenvalue weighted by atomic mass is 35.5. The third-order valence-electron chi connectivity index (χ3n) is 3.61. The average molecular weight is 311 g/mol. The van der Waals surface area contributed by atoms with Gasteiger partial charge in [0.05, 0.1) is 12.7 Å². The number of carbonyl (C=O) groups excluding carboxylic acids is 1. The van der Waals surface area contributed by atoms with Crippen LogP contribution in [0.2, 0.25) is 0 Å². The molecule has 0 aliphatic heterocycles. The number of carbonyl (C=O) groups is 1. The van der Waals surface area contributed by atoms with Gasteiger partial charge in [-0.05, 0) is 38.3 Å². The number of furan rings is 1. The lowest BCUT2D eigenvalue weighted by Gasteiger charge is -2.06. The number of aryl methyl sites for hydroxylation is 2. The number of hydrogen-bond acceptors (Lipinski definition) is 3. The molecule has 0 aliphatic rings. The molecule has 0 fully saturated rings. The van der Waals surface area contributed by atoms with E-state index >= 15 is 0 Å². The fraction of sp³-hybridized carbons (Fsp3) is 0.438. The predicted octanol–water partition coefficient (Wildman–Crippen LogP) is 2.87. The van der Waals surface area contributed by atoms with Gasteiger partial charge < -0.3 is 15.5 Å². The van der Waals surface area contributed by atoms with Crippen molar-refractivity contribution >= 4 is 29.3 Å². The Morgan fingerprint density at radius 2 is 2.10 bits per heavy atom. The Morgan fingerprint density at radius 3 is 2.76 bits per heavy atom. The molecule has 1 aromatic heterocycles. The monoisotopic (exact) mass is 310 g/mol. The highest BCUT2D eigenvalue weighted by Crippen LogP contribution is 2.26. The third-order valence-corrected chi connectivity index (χ3v) is 3.61. The van der Waals surface area contributed by atoms with Gasteiger partial charge in [-0.1, -0.05) is 12.1 Å². The van der Waals surface area contributed by atoms with Crippen LogP contribution in [0.15, 0.2) is 22.8 Å². The van der Waals surface area contributed by atoms with Crippen LogP contribution in [0.1, 0.15) is 30.0 Å². The van der Waals surface area contributed by atoms with E-state index in [9.17, 15) is 4.79 Å². The van der Waals surface area contributed by atoms with Crippen molar-refractivity contribution in [3.63, 3.8) is 0 Å². The van der Waals surface area contributed by atoms with Crippen LogP contribution in [-0.2, 0) is 11.2 Å². The summed E-state index contributed by atoms with van der Waals surface area (Å²) in [6.07, 6.45) is 2.81. The Balaban J connectivity index is 0.00000220. The van der Waals surface area contributed by atoms with E-state index in [-0.39, 0.29) is 24.4 Å². The first-order valence-electron chi connectivity index (χ1n) is 6.97. The summed E-state index contributed by atoms with van der Waals surface area (Å²) >= 11 is 0. The molecule has 1 aromatic carbocycles. The smallest absolute Gasteiger partial charge is 0.224 e. The van der Waals surface area contributed by atoms with Gasteiger partial charge in [-0.2, -0.15) is 0 Å². The maximum Gasteiger partial charge on any atom is 0.224 e. The molecule has 21 heavy (non-hydrogen) atoms. The van der Waals surface area contributed by atoms with Gasteiger partial charge in [0.25, 0.3) is 0 Å². The van der Waals surface area contributed by atoms with Crippen LogP contribution in [0.3, 0.4) is 0 Å². The molecule has 1 unspecified atom stereocenters. The first-order valence-corrected chi connectivity index (χ1v) is 6.97. The van der Waals surface area contributed by atoms with Crippen molar-refractivity contribution in [3.05, 3.63) is 35.1 Å². The van der Waals surface area contributed by atoms with Gasteiger partial charge in [-0.3, -0.25) is 4.79 Å². The van der Waals surface area contributed by atoms with E-state index in [4.69, 9.17) is 10.2 Å². The van der Waals surface area contributed by atoms with Crippen molar-refractivity contribution in [2.45, 2.75) is 39.7 Å². The van der Waals surface area contributed by atoms with E-state index in [1.165, 1.54) is 5.56 Å². The predicted molar refractivity (Wildman–Crippen MR) is 87.9 cm³/mol. The van der Waals surface area contributed by atoms with Crippen molar-refractivity contribution < 1.29 is 9.21 Å². The van der Waals surface area contributed by atoms with Gasteiger partial charge in [0.1, 0.15) is 5.58 Å². The zero-order chi connectivity index (χ0) is 14.7. The summed E-state index contributed by atoms with van der Waals surface area (Å²) in [7, 11) is 0. The highest BCUT2D eigenvalue weighted by molar-refractivity contribution is 5.89. The molecule has 3 N–H and O–H groups in total. The van der Waals surface area contributed by atoms with Crippen molar-refractivity contribution in [2.24, 2.45) is 5.73 Å². The lowest BCUT2D eigenvalue weighted by atomic mass is 10.0. The molecule has 0 aliphatic carbocycles. The van der Waals surface area contributed by atoms with Crippen LogP contribution in [0.25, 0.3) is 11.0 Å². The molecule has 5 heteroatoms. The second-order valence-corrected chi connectivity index (χ2v) is 5.44. The van der Waals surface area contributed by atoms with Gasteiger partial charge in [-0.15, -0.1) is 12.4 Å². The maximum absolute atomic E-state index is 11.9. The minimum atomic E-state index is 0. The Morgan fingerprint density at radius 1 is 1.38 bits per heavy atom. The second kappa shape index (κ2) is 7.48. The number of benzene rings is 1. The molecule has 2 rings (SSSR count). The van der Waals surface area contributed by atoms with E-state index < -0.39 is 0 Å². The van der Waals surface area contributed by atoms with Crippen molar-refractivity contribution in [3.8, 4) is 0 Å². The fourth-order valence-electron chi connectivity index (χ4n) is 2.20. The van der Waals surface area contributed by atoms with E-state index in [0.29, 0.717) is 13.0 Å². The Kier molecular flexibility index (Phi) is 6.24. The van der Waals surface area contributed by atoms with Crippen LogP contribution in [-0.4, -0.2) is 18.5 Å². The molecule has 2 aromatic rings. The normalized spacial score (nSPS) is 12.0. The number of nitrogens with two attached hydrogens (primary N) is 1. The zero-order valence-electron chi connectivity index (χ0n) is 12.7. The molecular formula is C16H23ClN2O2. The standard InChI is InChI=1S/C16H22N2O2.ClH/c1-10-4-5-14-13(9-20-16(14)12(10)3)8-15(19)18-7-6-11(2)17;/h4-5,9,11H,6-8,17H2,1-3H3,(H,18,19);1H. The number of fused-ring (bicyclic) bond motifs is 1. The maximum atomic E-state index is 11.9. The first-order chi connectivity index (χ1) is 9.49. The highest BCUT2D eigenvalue weighted by Gasteiger charge is 2.12. The molecule has 4 nitrogen and oxygen atoms in total. The van der Waals surface area contributed by atoms with Gasteiger partial charge in [0.2, 0.25) is 5.91 Å².